The lowest BCUT2D eigenvalue weighted by Gasteiger charge is -2.04. The lowest BCUT2D eigenvalue weighted by atomic mass is 10.5. The van der Waals surface area contributed by atoms with E-state index in [9.17, 15) is 8.42 Å². The van der Waals surface area contributed by atoms with E-state index in [0.717, 1.165) is 5.01 Å². The van der Waals surface area contributed by atoms with Gasteiger partial charge in [0.2, 0.25) is 10.0 Å². The lowest BCUT2D eigenvalue weighted by Crippen LogP contribution is -2.29. The molecule has 5 nitrogen and oxygen atoms in total. The molecule has 1 aromatic heterocycles. The first kappa shape index (κ1) is 12.6. The number of hydrogen-bond donors (Lipinski definition) is 2. The van der Waals surface area contributed by atoms with E-state index in [-0.39, 0.29) is 5.75 Å². The summed E-state index contributed by atoms with van der Waals surface area (Å²) in [5, 5.41) is 2.81. The van der Waals surface area contributed by atoms with Crippen molar-refractivity contribution in [2.45, 2.75) is 12.8 Å². The molecule has 1 heterocycles. The molecule has 0 saturated carbocycles. The van der Waals surface area contributed by atoms with Crippen molar-refractivity contribution in [2.24, 2.45) is 5.73 Å². The molecule has 0 aromatic carbocycles. The van der Waals surface area contributed by atoms with E-state index in [0.29, 0.717) is 25.9 Å². The number of nitrogens with one attached hydrogen (secondary N) is 1. The van der Waals surface area contributed by atoms with Crippen LogP contribution in [0.25, 0.3) is 0 Å². The van der Waals surface area contributed by atoms with Crippen molar-refractivity contribution in [1.82, 2.24) is 9.71 Å². The van der Waals surface area contributed by atoms with Gasteiger partial charge in [0.05, 0.1) is 10.8 Å². The molecule has 0 saturated heterocycles. The van der Waals surface area contributed by atoms with Gasteiger partial charge in [-0.3, -0.25) is 0 Å². The normalized spacial score (nSPS) is 11.8. The Labute approximate surface area is 93.8 Å². The van der Waals surface area contributed by atoms with Gasteiger partial charge in [0, 0.05) is 24.5 Å². The number of aromatic nitrogens is 1. The van der Waals surface area contributed by atoms with Crippen molar-refractivity contribution in [3.63, 3.8) is 0 Å². The van der Waals surface area contributed by atoms with E-state index >= 15 is 0 Å². The van der Waals surface area contributed by atoms with Gasteiger partial charge in [-0.15, -0.1) is 11.3 Å². The fourth-order valence-electron chi connectivity index (χ4n) is 1.04. The van der Waals surface area contributed by atoms with Crippen LogP contribution in [0.4, 0.5) is 0 Å². The maximum absolute atomic E-state index is 11.3. The summed E-state index contributed by atoms with van der Waals surface area (Å²) in [6.07, 6.45) is 2.84. The number of nitrogens with two attached hydrogens (primary N) is 1. The monoisotopic (exact) mass is 249 g/mol. The molecule has 0 bridgehead atoms. The Kier molecular flexibility index (Phi) is 5.16. The maximum Gasteiger partial charge on any atom is 0.211 e. The average molecular weight is 249 g/mol. The molecule has 15 heavy (non-hydrogen) atoms. The molecule has 0 aliphatic carbocycles. The minimum atomic E-state index is -3.15. The first-order chi connectivity index (χ1) is 7.14. The molecule has 0 atom stereocenters. The molecule has 3 N–H and O–H groups in total. The van der Waals surface area contributed by atoms with Crippen LogP contribution in [-0.2, 0) is 16.4 Å². The fraction of sp³-hybridized carbons (Fsp3) is 0.625. The topological polar surface area (TPSA) is 85.1 Å². The summed E-state index contributed by atoms with van der Waals surface area (Å²) in [5.41, 5.74) is 5.24. The van der Waals surface area contributed by atoms with Gasteiger partial charge in [-0.05, 0) is 13.0 Å². The second-order valence-electron chi connectivity index (χ2n) is 3.03. The van der Waals surface area contributed by atoms with E-state index in [2.05, 4.69) is 9.71 Å². The van der Waals surface area contributed by atoms with Crippen molar-refractivity contribution in [1.29, 1.82) is 0 Å². The van der Waals surface area contributed by atoms with Crippen LogP contribution in [0.2, 0.25) is 0 Å². The van der Waals surface area contributed by atoms with Gasteiger partial charge in [-0.25, -0.2) is 18.1 Å². The van der Waals surface area contributed by atoms with Crippen LogP contribution in [0.1, 0.15) is 11.4 Å². The van der Waals surface area contributed by atoms with E-state index in [4.69, 9.17) is 5.73 Å². The Morgan fingerprint density at radius 2 is 2.33 bits per heavy atom. The van der Waals surface area contributed by atoms with Crippen LogP contribution < -0.4 is 10.5 Å². The van der Waals surface area contributed by atoms with Crippen LogP contribution in [-0.4, -0.2) is 32.2 Å². The molecule has 1 aromatic rings. The molecule has 0 amide bonds. The number of sulfonamides is 1. The SMILES string of the molecule is NCCCS(=O)(=O)NCCc1nccs1. The summed E-state index contributed by atoms with van der Waals surface area (Å²) in [5.74, 6) is 0.0986. The molecule has 7 heteroatoms. The summed E-state index contributed by atoms with van der Waals surface area (Å²) in [4.78, 5) is 4.06. The molecule has 0 spiro atoms. The van der Waals surface area contributed by atoms with Gasteiger partial charge in [0.1, 0.15) is 0 Å². The third kappa shape index (κ3) is 5.22. The first-order valence-corrected chi connectivity index (χ1v) is 7.23. The standard InChI is InChI=1S/C8H15N3O2S2/c9-3-1-7-15(12,13)11-4-2-8-10-5-6-14-8/h5-6,11H,1-4,7,9H2. The highest BCUT2D eigenvalue weighted by Gasteiger charge is 2.08. The minimum Gasteiger partial charge on any atom is -0.330 e. The number of hydrogen-bond acceptors (Lipinski definition) is 5. The molecule has 86 valence electrons. The van der Waals surface area contributed by atoms with Gasteiger partial charge < -0.3 is 5.73 Å². The van der Waals surface area contributed by atoms with E-state index in [1.165, 1.54) is 11.3 Å². The Morgan fingerprint density at radius 1 is 1.53 bits per heavy atom. The van der Waals surface area contributed by atoms with Crippen molar-refractivity contribution in [2.75, 3.05) is 18.8 Å². The van der Waals surface area contributed by atoms with Crippen molar-refractivity contribution in [3.05, 3.63) is 16.6 Å². The van der Waals surface area contributed by atoms with Gasteiger partial charge in [-0.1, -0.05) is 0 Å². The van der Waals surface area contributed by atoms with Crippen LogP contribution in [0.3, 0.4) is 0 Å². The highest BCUT2D eigenvalue weighted by molar-refractivity contribution is 7.89. The van der Waals surface area contributed by atoms with Crippen molar-refractivity contribution in [3.8, 4) is 0 Å². The predicted octanol–water partition coefficient (Wildman–Crippen LogP) is -0.0462. The van der Waals surface area contributed by atoms with E-state index < -0.39 is 10.0 Å². The Bertz CT molecular complexity index is 361. The van der Waals surface area contributed by atoms with Crippen molar-refractivity contribution < 1.29 is 8.42 Å². The third-order valence-electron chi connectivity index (χ3n) is 1.76. The Balaban J connectivity index is 2.24. The summed E-state index contributed by atoms with van der Waals surface area (Å²) >= 11 is 1.53. The largest absolute Gasteiger partial charge is 0.330 e. The second kappa shape index (κ2) is 6.16. The third-order valence-corrected chi connectivity index (χ3v) is 4.07. The van der Waals surface area contributed by atoms with Crippen LogP contribution in [0, 0.1) is 0 Å². The highest BCUT2D eigenvalue weighted by atomic mass is 32.2. The zero-order chi connectivity index (χ0) is 11.1. The molecular formula is C8H15N3O2S2. The quantitative estimate of drug-likeness (QED) is 0.709. The number of thiazole rings is 1. The predicted molar refractivity (Wildman–Crippen MR) is 61.3 cm³/mol. The first-order valence-electron chi connectivity index (χ1n) is 4.70. The van der Waals surface area contributed by atoms with E-state index in [1.54, 1.807) is 6.20 Å². The summed E-state index contributed by atoms with van der Waals surface area (Å²) in [6.45, 7) is 0.799. The summed E-state index contributed by atoms with van der Waals surface area (Å²) in [6, 6.07) is 0. The smallest absolute Gasteiger partial charge is 0.211 e. The Morgan fingerprint density at radius 3 is 2.93 bits per heavy atom. The summed E-state index contributed by atoms with van der Waals surface area (Å²) in [7, 11) is -3.15. The lowest BCUT2D eigenvalue weighted by molar-refractivity contribution is 0.579. The van der Waals surface area contributed by atoms with Gasteiger partial charge in [-0.2, -0.15) is 0 Å². The maximum atomic E-state index is 11.3. The van der Waals surface area contributed by atoms with Crippen molar-refractivity contribution >= 4 is 21.4 Å². The van der Waals surface area contributed by atoms with Gasteiger partial charge in [0.25, 0.3) is 0 Å². The molecule has 0 aliphatic heterocycles. The average Bonchev–Trinajstić information content (AvgIpc) is 2.67. The van der Waals surface area contributed by atoms with Gasteiger partial charge in [0.15, 0.2) is 0 Å². The number of nitrogens with zero attached hydrogens (tertiary/aromatic N) is 1. The molecular weight excluding hydrogens is 234 g/mol. The minimum absolute atomic E-state index is 0.0986. The molecule has 0 fully saturated rings. The highest BCUT2D eigenvalue weighted by Crippen LogP contribution is 2.03. The van der Waals surface area contributed by atoms with Crippen LogP contribution in [0.15, 0.2) is 11.6 Å². The molecule has 1 rings (SSSR count). The van der Waals surface area contributed by atoms with E-state index in [1.807, 2.05) is 5.38 Å². The second-order valence-corrected chi connectivity index (χ2v) is 5.94. The zero-order valence-corrected chi connectivity index (χ0v) is 9.98. The van der Waals surface area contributed by atoms with Gasteiger partial charge >= 0.3 is 0 Å². The van der Waals surface area contributed by atoms with Crippen LogP contribution in [0.5, 0.6) is 0 Å². The number of rotatable bonds is 7. The van der Waals surface area contributed by atoms with Crippen LogP contribution >= 0.6 is 11.3 Å². The fourth-order valence-corrected chi connectivity index (χ4v) is 2.76. The zero-order valence-electron chi connectivity index (χ0n) is 8.35. The Hall–Kier alpha value is -0.500. The molecule has 0 unspecified atom stereocenters. The molecule has 0 radical (unpaired) electrons. The summed E-state index contributed by atoms with van der Waals surface area (Å²) < 4.78 is 25.2. The molecule has 0 aliphatic rings.